The molecule has 0 spiro atoms. The molecule has 0 amide bonds. The highest BCUT2D eigenvalue weighted by atomic mass is 35.5. The van der Waals surface area contributed by atoms with Crippen LogP contribution in [-0.4, -0.2) is 0 Å². The number of nitrogens with one attached hydrogen (secondary N) is 1. The molecule has 0 bridgehead atoms. The number of hydrogen-bond donors (Lipinski definition) is 0. The molecule has 53 valence electrons. The van der Waals surface area contributed by atoms with Gasteiger partial charge in [0.15, 0.2) is 0 Å². The van der Waals surface area contributed by atoms with Crippen LogP contribution in [0.4, 0.5) is 0 Å². The van der Waals surface area contributed by atoms with Crippen LogP contribution in [0, 0.1) is 0 Å². The standard InChI is InChI=1S/C7H6Cl2N/c8-6-1-2-7(9)5(3-6)4-10/h1-3,10H,4H2. The van der Waals surface area contributed by atoms with Crippen LogP contribution >= 0.6 is 23.2 Å². The van der Waals surface area contributed by atoms with Crippen LogP contribution in [0.3, 0.4) is 0 Å². The van der Waals surface area contributed by atoms with Gasteiger partial charge in [0.05, 0.1) is 0 Å². The van der Waals surface area contributed by atoms with Gasteiger partial charge in [-0.3, -0.25) is 5.73 Å². The van der Waals surface area contributed by atoms with E-state index in [2.05, 4.69) is 0 Å². The van der Waals surface area contributed by atoms with Crippen molar-refractivity contribution in [2.24, 2.45) is 0 Å². The summed E-state index contributed by atoms with van der Waals surface area (Å²) in [6.45, 7) is 0.180. The zero-order chi connectivity index (χ0) is 7.56. The molecule has 0 aromatic heterocycles. The van der Waals surface area contributed by atoms with Gasteiger partial charge in [-0.15, -0.1) is 0 Å². The van der Waals surface area contributed by atoms with Crippen LogP contribution in [0.2, 0.25) is 10.0 Å². The summed E-state index contributed by atoms with van der Waals surface area (Å²) in [6, 6.07) is 5.12. The average Bonchev–Trinajstić information content (AvgIpc) is 1.94. The number of benzene rings is 1. The first-order chi connectivity index (χ1) is 4.74. The molecular weight excluding hydrogens is 169 g/mol. The second kappa shape index (κ2) is 3.24. The Balaban J connectivity index is 3.09. The summed E-state index contributed by atoms with van der Waals surface area (Å²) in [4.78, 5) is 0. The normalized spacial score (nSPS) is 9.90. The SMILES string of the molecule is [NH]Cc1cc(Cl)ccc1Cl. The van der Waals surface area contributed by atoms with E-state index in [-0.39, 0.29) is 6.54 Å². The van der Waals surface area contributed by atoms with Crippen LogP contribution in [0.1, 0.15) is 5.56 Å². The maximum absolute atomic E-state index is 7.04. The Bertz CT molecular complexity index is 235. The van der Waals surface area contributed by atoms with Gasteiger partial charge < -0.3 is 0 Å². The molecule has 0 aliphatic rings. The third-order valence-corrected chi connectivity index (χ3v) is 1.80. The minimum absolute atomic E-state index is 0.180. The largest absolute Gasteiger partial charge is 0.253 e. The molecule has 1 aromatic rings. The van der Waals surface area contributed by atoms with Crippen LogP contribution in [0.25, 0.3) is 0 Å². The van der Waals surface area contributed by atoms with Crippen LogP contribution in [0.15, 0.2) is 18.2 Å². The predicted octanol–water partition coefficient (Wildman–Crippen LogP) is 2.78. The van der Waals surface area contributed by atoms with E-state index in [1.54, 1.807) is 18.2 Å². The Labute approximate surface area is 69.7 Å². The zero-order valence-corrected chi connectivity index (χ0v) is 6.71. The van der Waals surface area contributed by atoms with Gasteiger partial charge in [-0.2, -0.15) is 0 Å². The molecule has 1 N–H and O–H groups in total. The van der Waals surface area contributed by atoms with Crippen molar-refractivity contribution >= 4 is 23.2 Å². The molecule has 0 unspecified atom stereocenters. The Morgan fingerprint density at radius 3 is 2.50 bits per heavy atom. The van der Waals surface area contributed by atoms with E-state index in [4.69, 9.17) is 28.9 Å². The summed E-state index contributed by atoms with van der Waals surface area (Å²) >= 11 is 11.4. The molecule has 0 atom stereocenters. The second-order valence-electron chi connectivity index (χ2n) is 1.91. The van der Waals surface area contributed by atoms with Crippen molar-refractivity contribution in [1.29, 1.82) is 0 Å². The van der Waals surface area contributed by atoms with E-state index < -0.39 is 0 Å². The Hall–Kier alpha value is -0.240. The molecule has 3 heteroatoms. The lowest BCUT2D eigenvalue weighted by Crippen LogP contribution is -1.85. The van der Waals surface area contributed by atoms with E-state index >= 15 is 0 Å². The first kappa shape index (κ1) is 7.86. The van der Waals surface area contributed by atoms with E-state index in [0.29, 0.717) is 10.0 Å². The Morgan fingerprint density at radius 1 is 1.30 bits per heavy atom. The monoisotopic (exact) mass is 174 g/mol. The van der Waals surface area contributed by atoms with Crippen molar-refractivity contribution in [2.75, 3.05) is 0 Å². The first-order valence-electron chi connectivity index (χ1n) is 2.82. The van der Waals surface area contributed by atoms with Crippen molar-refractivity contribution in [1.82, 2.24) is 5.73 Å². The van der Waals surface area contributed by atoms with Crippen molar-refractivity contribution in [3.8, 4) is 0 Å². The first-order valence-corrected chi connectivity index (χ1v) is 3.58. The van der Waals surface area contributed by atoms with E-state index in [1.807, 2.05) is 0 Å². The Kier molecular flexibility index (Phi) is 2.55. The molecule has 0 fully saturated rings. The smallest absolute Gasteiger partial charge is 0.0452 e. The van der Waals surface area contributed by atoms with E-state index in [0.717, 1.165) is 5.56 Å². The molecule has 0 heterocycles. The van der Waals surface area contributed by atoms with Crippen molar-refractivity contribution in [3.05, 3.63) is 33.8 Å². The summed E-state index contributed by atoms with van der Waals surface area (Å²) in [7, 11) is 0. The minimum Gasteiger partial charge on any atom is -0.253 e. The fourth-order valence-corrected chi connectivity index (χ4v) is 1.06. The third-order valence-electron chi connectivity index (χ3n) is 1.20. The lowest BCUT2D eigenvalue weighted by atomic mass is 10.2. The van der Waals surface area contributed by atoms with E-state index in [1.165, 1.54) is 0 Å². The van der Waals surface area contributed by atoms with Crippen LogP contribution in [-0.2, 0) is 6.54 Å². The highest BCUT2D eigenvalue weighted by molar-refractivity contribution is 6.33. The molecule has 0 saturated carbocycles. The van der Waals surface area contributed by atoms with E-state index in [9.17, 15) is 0 Å². The quantitative estimate of drug-likeness (QED) is 0.626. The summed E-state index contributed by atoms with van der Waals surface area (Å²) in [5, 5.41) is 1.24. The van der Waals surface area contributed by atoms with Gasteiger partial charge in [-0.1, -0.05) is 23.2 Å². The van der Waals surface area contributed by atoms with Gasteiger partial charge in [0.1, 0.15) is 0 Å². The fourth-order valence-electron chi connectivity index (χ4n) is 0.679. The lowest BCUT2D eigenvalue weighted by Gasteiger charge is -1.98. The van der Waals surface area contributed by atoms with Crippen molar-refractivity contribution < 1.29 is 0 Å². The molecule has 10 heavy (non-hydrogen) atoms. The van der Waals surface area contributed by atoms with Gasteiger partial charge in [0, 0.05) is 16.6 Å². The number of rotatable bonds is 1. The molecule has 1 aromatic carbocycles. The third kappa shape index (κ3) is 1.63. The average molecular weight is 175 g/mol. The Morgan fingerprint density at radius 2 is 2.00 bits per heavy atom. The molecule has 0 saturated heterocycles. The van der Waals surface area contributed by atoms with Gasteiger partial charge in [0.2, 0.25) is 0 Å². The predicted molar refractivity (Wildman–Crippen MR) is 43.3 cm³/mol. The second-order valence-corrected chi connectivity index (χ2v) is 2.76. The summed E-state index contributed by atoms with van der Waals surface area (Å²) < 4.78 is 0. The summed E-state index contributed by atoms with van der Waals surface area (Å²) in [5.41, 5.74) is 7.81. The topological polar surface area (TPSA) is 23.8 Å². The molecule has 0 aliphatic carbocycles. The number of halogens is 2. The van der Waals surface area contributed by atoms with Gasteiger partial charge in [-0.25, -0.2) is 0 Å². The molecule has 1 nitrogen and oxygen atoms in total. The zero-order valence-electron chi connectivity index (χ0n) is 5.20. The number of hydrogen-bond acceptors (Lipinski definition) is 0. The van der Waals surface area contributed by atoms with Gasteiger partial charge >= 0.3 is 0 Å². The highest BCUT2D eigenvalue weighted by Crippen LogP contribution is 2.19. The fraction of sp³-hybridized carbons (Fsp3) is 0.143. The summed E-state index contributed by atoms with van der Waals surface area (Å²) in [5.74, 6) is 0. The van der Waals surface area contributed by atoms with Crippen molar-refractivity contribution in [3.63, 3.8) is 0 Å². The van der Waals surface area contributed by atoms with Gasteiger partial charge in [-0.05, 0) is 23.8 Å². The molecule has 1 rings (SSSR count). The molecule has 1 radical (unpaired) electrons. The molecule has 0 aliphatic heterocycles. The van der Waals surface area contributed by atoms with Crippen molar-refractivity contribution in [2.45, 2.75) is 6.54 Å². The van der Waals surface area contributed by atoms with Crippen LogP contribution in [0.5, 0.6) is 0 Å². The lowest BCUT2D eigenvalue weighted by molar-refractivity contribution is 1.03. The van der Waals surface area contributed by atoms with Gasteiger partial charge in [0.25, 0.3) is 0 Å². The highest BCUT2D eigenvalue weighted by Gasteiger charge is 1.97. The summed E-state index contributed by atoms with van der Waals surface area (Å²) in [6.07, 6.45) is 0. The van der Waals surface area contributed by atoms with Crippen LogP contribution < -0.4 is 5.73 Å². The maximum atomic E-state index is 7.04. The minimum atomic E-state index is 0.180. The molecular formula is C7H6Cl2N. The maximum Gasteiger partial charge on any atom is 0.0452 e.